The molecule has 2 aromatic carbocycles. The molecule has 1 aromatic heterocycles. The fourth-order valence-corrected chi connectivity index (χ4v) is 4.48. The van der Waals surface area contributed by atoms with E-state index in [1.54, 1.807) is 0 Å². The molecule has 0 radical (unpaired) electrons. The third kappa shape index (κ3) is 2.97. The zero-order valence-corrected chi connectivity index (χ0v) is 12.3. The van der Waals surface area contributed by atoms with E-state index >= 15 is 0 Å². The highest BCUT2D eigenvalue weighted by atomic mass is 31.1. The van der Waals surface area contributed by atoms with Crippen molar-refractivity contribution < 1.29 is 0 Å². The lowest BCUT2D eigenvalue weighted by Gasteiger charge is -2.17. The smallest absolute Gasteiger partial charge is 0.0673 e. The molecule has 0 atom stereocenters. The van der Waals surface area contributed by atoms with Gasteiger partial charge >= 0.3 is 0 Å². The van der Waals surface area contributed by atoms with Crippen molar-refractivity contribution in [1.29, 1.82) is 0 Å². The number of nitrogens with zero attached hydrogens (tertiary/aromatic N) is 1. The zero-order chi connectivity index (χ0) is 13.8. The molecule has 3 rings (SSSR count). The van der Waals surface area contributed by atoms with Crippen LogP contribution in [0.3, 0.4) is 0 Å². The monoisotopic (exact) mass is 280 g/mol. The number of aromatic amines is 1. The molecule has 0 aliphatic rings. The molecule has 3 heteroatoms. The van der Waals surface area contributed by atoms with Crippen molar-refractivity contribution in [2.75, 3.05) is 0 Å². The van der Waals surface area contributed by atoms with Gasteiger partial charge in [0, 0.05) is 11.9 Å². The first-order valence-corrected chi connectivity index (χ1v) is 8.24. The lowest BCUT2D eigenvalue weighted by atomic mass is 10.4. The molecule has 0 saturated heterocycles. The lowest BCUT2D eigenvalue weighted by Crippen LogP contribution is -2.13. The number of aryl methyl sites for hydroxylation is 1. The average Bonchev–Trinajstić information content (AvgIpc) is 2.92. The van der Waals surface area contributed by atoms with Crippen LogP contribution >= 0.6 is 7.92 Å². The topological polar surface area (TPSA) is 28.7 Å². The van der Waals surface area contributed by atoms with Crippen LogP contribution in [0, 0.1) is 6.92 Å². The van der Waals surface area contributed by atoms with Gasteiger partial charge in [-0.25, -0.2) is 0 Å². The molecule has 0 spiro atoms. The predicted molar refractivity (Wildman–Crippen MR) is 86.1 cm³/mol. The molecule has 0 amide bonds. The zero-order valence-electron chi connectivity index (χ0n) is 11.5. The minimum atomic E-state index is -0.396. The summed E-state index contributed by atoms with van der Waals surface area (Å²) in [6.45, 7) is 2.05. The van der Waals surface area contributed by atoms with Crippen LogP contribution in [-0.4, -0.2) is 10.2 Å². The number of benzene rings is 2. The highest BCUT2D eigenvalue weighted by Gasteiger charge is 2.15. The molecule has 0 unspecified atom stereocenters. The molecule has 3 aromatic rings. The standard InChI is InChI=1S/C17H17N2P/c1-14-12-15(19-18-14)13-20(16-8-4-2-5-9-16)17-10-6-3-7-11-17/h2-12H,13H2,1H3,(H,18,19). The van der Waals surface area contributed by atoms with Crippen LogP contribution in [0.2, 0.25) is 0 Å². The van der Waals surface area contributed by atoms with E-state index in [1.807, 2.05) is 6.92 Å². The van der Waals surface area contributed by atoms with Crippen molar-refractivity contribution in [2.45, 2.75) is 13.1 Å². The van der Waals surface area contributed by atoms with Crippen molar-refractivity contribution in [3.63, 3.8) is 0 Å². The first-order chi connectivity index (χ1) is 9.83. The predicted octanol–water partition coefficient (Wildman–Crippen LogP) is 3.35. The molecular weight excluding hydrogens is 263 g/mol. The number of H-pyrrole nitrogens is 1. The Hall–Kier alpha value is -1.92. The van der Waals surface area contributed by atoms with Crippen molar-refractivity contribution in [2.24, 2.45) is 0 Å². The maximum absolute atomic E-state index is 4.40. The van der Waals surface area contributed by atoms with Crippen molar-refractivity contribution in [1.82, 2.24) is 10.2 Å². The third-order valence-electron chi connectivity index (χ3n) is 3.21. The van der Waals surface area contributed by atoms with E-state index < -0.39 is 7.92 Å². The van der Waals surface area contributed by atoms with Crippen molar-refractivity contribution >= 4 is 18.5 Å². The molecule has 100 valence electrons. The van der Waals surface area contributed by atoms with Crippen LogP contribution in [0.5, 0.6) is 0 Å². The number of nitrogens with one attached hydrogen (secondary N) is 1. The minimum absolute atomic E-state index is 0.396. The van der Waals surface area contributed by atoms with Crippen LogP contribution in [0.4, 0.5) is 0 Å². The highest BCUT2D eigenvalue weighted by molar-refractivity contribution is 7.72. The van der Waals surface area contributed by atoms with Gasteiger partial charge in [-0.15, -0.1) is 0 Å². The van der Waals surface area contributed by atoms with E-state index in [4.69, 9.17) is 0 Å². The Morgan fingerprint density at radius 1 is 0.900 bits per heavy atom. The fraction of sp³-hybridized carbons (Fsp3) is 0.118. The first kappa shape index (κ1) is 13.1. The van der Waals surface area contributed by atoms with Crippen molar-refractivity contribution in [3.05, 3.63) is 78.1 Å². The molecule has 0 bridgehead atoms. The fourth-order valence-electron chi connectivity index (χ4n) is 2.26. The molecule has 20 heavy (non-hydrogen) atoms. The Morgan fingerprint density at radius 3 is 1.90 bits per heavy atom. The van der Waals surface area contributed by atoms with Gasteiger partial charge in [-0.3, -0.25) is 5.10 Å². The summed E-state index contributed by atoms with van der Waals surface area (Å²) in [4.78, 5) is 0. The number of rotatable bonds is 4. The second-order valence-corrected chi connectivity index (χ2v) is 7.00. The summed E-state index contributed by atoms with van der Waals surface area (Å²) >= 11 is 0. The Kier molecular flexibility index (Phi) is 3.94. The van der Waals surface area contributed by atoms with Crippen LogP contribution in [0.1, 0.15) is 11.4 Å². The van der Waals surface area contributed by atoms with Gasteiger partial charge in [-0.1, -0.05) is 60.7 Å². The summed E-state index contributed by atoms with van der Waals surface area (Å²) in [6, 6.07) is 23.6. The minimum Gasteiger partial charge on any atom is -0.283 e. The third-order valence-corrected chi connectivity index (χ3v) is 5.70. The van der Waals surface area contributed by atoms with E-state index in [1.165, 1.54) is 10.6 Å². The second-order valence-electron chi connectivity index (χ2n) is 4.80. The molecule has 0 saturated carbocycles. The maximum atomic E-state index is 4.40. The van der Waals surface area contributed by atoms with Crippen LogP contribution < -0.4 is 10.6 Å². The summed E-state index contributed by atoms with van der Waals surface area (Å²) in [5.41, 5.74) is 2.26. The van der Waals surface area contributed by atoms with Crippen LogP contribution in [-0.2, 0) is 6.16 Å². The quantitative estimate of drug-likeness (QED) is 0.729. The molecule has 0 fully saturated rings. The molecule has 1 N–H and O–H groups in total. The van der Waals surface area contributed by atoms with Gasteiger partial charge in [0.1, 0.15) is 0 Å². The SMILES string of the molecule is Cc1cc(CP(c2ccccc2)c2ccccc2)n[nH]1. The van der Waals surface area contributed by atoms with Gasteiger partial charge in [0.25, 0.3) is 0 Å². The maximum Gasteiger partial charge on any atom is 0.0673 e. The summed E-state index contributed by atoms with van der Waals surface area (Å²) in [6.07, 6.45) is 0.980. The normalized spacial score (nSPS) is 10.9. The highest BCUT2D eigenvalue weighted by Crippen LogP contribution is 2.37. The molecule has 0 aliphatic heterocycles. The Balaban J connectivity index is 1.96. The lowest BCUT2D eigenvalue weighted by molar-refractivity contribution is 1.01. The van der Waals surface area contributed by atoms with Gasteiger partial charge in [0.2, 0.25) is 0 Å². The van der Waals surface area contributed by atoms with E-state index in [2.05, 4.69) is 76.9 Å². The van der Waals surface area contributed by atoms with E-state index in [-0.39, 0.29) is 0 Å². The summed E-state index contributed by atoms with van der Waals surface area (Å²) in [7, 11) is -0.396. The summed E-state index contributed by atoms with van der Waals surface area (Å²) in [5.74, 6) is 0. The Labute approximate surface area is 120 Å². The van der Waals surface area contributed by atoms with Gasteiger partial charge in [-0.2, -0.15) is 5.10 Å². The first-order valence-electron chi connectivity index (χ1n) is 6.71. The van der Waals surface area contributed by atoms with Gasteiger partial charge in [0.05, 0.1) is 5.69 Å². The van der Waals surface area contributed by atoms with Gasteiger partial charge in [0.15, 0.2) is 0 Å². The Morgan fingerprint density at radius 2 is 1.45 bits per heavy atom. The van der Waals surface area contributed by atoms with Crippen LogP contribution in [0.15, 0.2) is 66.7 Å². The molecule has 2 nitrogen and oxygen atoms in total. The summed E-state index contributed by atoms with van der Waals surface area (Å²) < 4.78 is 0. The summed E-state index contributed by atoms with van der Waals surface area (Å²) in [5, 5.41) is 10.2. The molecule has 0 aliphatic carbocycles. The van der Waals surface area contributed by atoms with E-state index in [0.29, 0.717) is 0 Å². The molecule has 1 heterocycles. The average molecular weight is 280 g/mol. The number of hydrogen-bond acceptors (Lipinski definition) is 1. The van der Waals surface area contributed by atoms with Crippen LogP contribution in [0.25, 0.3) is 0 Å². The van der Waals surface area contributed by atoms with E-state index in [0.717, 1.165) is 17.5 Å². The van der Waals surface area contributed by atoms with E-state index in [9.17, 15) is 0 Å². The second kappa shape index (κ2) is 6.02. The van der Waals surface area contributed by atoms with Gasteiger partial charge < -0.3 is 0 Å². The van der Waals surface area contributed by atoms with Gasteiger partial charge in [-0.05, 0) is 31.5 Å². The number of hydrogen-bond donors (Lipinski definition) is 1. The van der Waals surface area contributed by atoms with Crippen molar-refractivity contribution in [3.8, 4) is 0 Å². The number of aromatic nitrogens is 2. The largest absolute Gasteiger partial charge is 0.283 e. The Bertz CT molecular complexity index is 622. The molecular formula is C17H17N2P.